The van der Waals surface area contributed by atoms with E-state index in [1.54, 1.807) is 0 Å². The number of halogens is 3. The van der Waals surface area contributed by atoms with Crippen LogP contribution in [0, 0.1) is 0 Å². The smallest absolute Gasteiger partial charge is 0.416 e. The topological polar surface area (TPSA) is 9.23 Å². The van der Waals surface area contributed by atoms with Crippen molar-refractivity contribution in [1.82, 2.24) is 0 Å². The molecule has 0 saturated carbocycles. The van der Waals surface area contributed by atoms with Gasteiger partial charge >= 0.3 is 6.18 Å². The molecule has 0 heterocycles. The van der Waals surface area contributed by atoms with E-state index in [-0.39, 0.29) is 0 Å². The summed E-state index contributed by atoms with van der Waals surface area (Å²) in [6.45, 7) is 0. The van der Waals surface area contributed by atoms with Crippen LogP contribution in [-0.2, 0) is 4.74 Å². The molecule has 1 aliphatic rings. The second kappa shape index (κ2) is 3.68. The third kappa shape index (κ3) is 2.65. The lowest BCUT2D eigenvalue weighted by Gasteiger charge is -2.04. The second-order valence-corrected chi connectivity index (χ2v) is 2.56. The Balaban J connectivity index is 2.89. The Bertz CT molecular complexity index is 271. The van der Waals surface area contributed by atoms with E-state index in [4.69, 9.17) is 4.74 Å². The zero-order valence-electron chi connectivity index (χ0n) is 7.06. The van der Waals surface area contributed by atoms with Gasteiger partial charge in [0.05, 0.1) is 18.4 Å². The molecule has 0 aromatic heterocycles. The number of allylic oxidation sites excluding steroid dienone is 5. The van der Waals surface area contributed by atoms with Crippen LogP contribution in [0.3, 0.4) is 0 Å². The van der Waals surface area contributed by atoms with Crippen LogP contribution in [-0.4, -0.2) is 13.3 Å². The van der Waals surface area contributed by atoms with Crippen molar-refractivity contribution < 1.29 is 17.9 Å². The van der Waals surface area contributed by atoms with Crippen LogP contribution < -0.4 is 0 Å². The minimum atomic E-state index is -4.28. The van der Waals surface area contributed by atoms with Crippen LogP contribution in [0.2, 0.25) is 0 Å². The summed E-state index contributed by atoms with van der Waals surface area (Å²) >= 11 is 0. The summed E-state index contributed by atoms with van der Waals surface area (Å²) in [6, 6.07) is 0. The first-order chi connectivity index (χ1) is 6.04. The van der Waals surface area contributed by atoms with Gasteiger partial charge in [-0.05, 0) is 12.2 Å². The molecule has 0 fully saturated rings. The normalized spacial score (nSPS) is 17.5. The molecule has 0 aliphatic heterocycles. The van der Waals surface area contributed by atoms with Crippen molar-refractivity contribution in [3.63, 3.8) is 0 Å². The maximum Gasteiger partial charge on any atom is 0.416 e. The largest absolute Gasteiger partial charge is 0.501 e. The van der Waals surface area contributed by atoms with Crippen LogP contribution in [0.25, 0.3) is 0 Å². The maximum atomic E-state index is 12.2. The predicted molar refractivity (Wildman–Crippen MR) is 43.0 cm³/mol. The predicted octanol–water partition coefficient (Wildman–Crippen LogP) is 2.97. The van der Waals surface area contributed by atoms with E-state index in [9.17, 15) is 13.2 Å². The fourth-order valence-corrected chi connectivity index (χ4v) is 0.949. The quantitative estimate of drug-likeness (QED) is 0.617. The molecule has 0 atom stereocenters. The highest BCUT2D eigenvalue weighted by molar-refractivity contribution is 5.32. The molecule has 0 aromatic rings. The molecule has 1 aliphatic carbocycles. The van der Waals surface area contributed by atoms with Gasteiger partial charge in [-0.15, -0.1) is 0 Å². The van der Waals surface area contributed by atoms with Crippen molar-refractivity contribution in [3.8, 4) is 0 Å². The minimum Gasteiger partial charge on any atom is -0.501 e. The minimum absolute atomic E-state index is 0.395. The molecule has 0 amide bonds. The van der Waals surface area contributed by atoms with E-state index in [0.29, 0.717) is 12.2 Å². The highest BCUT2D eigenvalue weighted by Gasteiger charge is 2.31. The van der Waals surface area contributed by atoms with Crippen molar-refractivity contribution in [2.24, 2.45) is 0 Å². The van der Waals surface area contributed by atoms with Crippen molar-refractivity contribution in [2.75, 3.05) is 7.11 Å². The molecule has 0 N–H and O–H groups in total. The Morgan fingerprint density at radius 2 is 2.00 bits per heavy atom. The van der Waals surface area contributed by atoms with Crippen molar-refractivity contribution in [1.29, 1.82) is 0 Å². The number of methoxy groups -OCH3 is 1. The van der Waals surface area contributed by atoms with Crippen LogP contribution in [0.1, 0.15) is 6.42 Å². The Hall–Kier alpha value is -1.19. The number of hydrogen-bond acceptors (Lipinski definition) is 1. The first-order valence-corrected chi connectivity index (χ1v) is 3.72. The highest BCUT2D eigenvalue weighted by Crippen LogP contribution is 2.28. The van der Waals surface area contributed by atoms with E-state index in [1.165, 1.54) is 19.3 Å². The molecule has 1 nitrogen and oxygen atoms in total. The summed E-state index contributed by atoms with van der Waals surface area (Å²) in [5, 5.41) is 0. The molecule has 0 unspecified atom stereocenters. The Morgan fingerprint density at radius 3 is 2.54 bits per heavy atom. The van der Waals surface area contributed by atoms with E-state index in [0.717, 1.165) is 12.2 Å². The molecule has 0 aromatic carbocycles. The molecule has 0 saturated heterocycles. The Labute approximate surface area is 74.2 Å². The first kappa shape index (κ1) is 9.89. The Morgan fingerprint density at radius 1 is 1.31 bits per heavy atom. The fraction of sp³-hybridized carbons (Fsp3) is 0.333. The zero-order chi connectivity index (χ0) is 9.90. The van der Waals surface area contributed by atoms with E-state index in [2.05, 4.69) is 0 Å². The van der Waals surface area contributed by atoms with Gasteiger partial charge in [-0.3, -0.25) is 0 Å². The van der Waals surface area contributed by atoms with Gasteiger partial charge in [0, 0.05) is 6.42 Å². The van der Waals surface area contributed by atoms with Gasteiger partial charge in [-0.1, -0.05) is 12.2 Å². The van der Waals surface area contributed by atoms with E-state index in [1.807, 2.05) is 0 Å². The average molecular weight is 190 g/mol. The highest BCUT2D eigenvalue weighted by atomic mass is 19.4. The van der Waals surface area contributed by atoms with Gasteiger partial charge in [-0.25, -0.2) is 0 Å². The molecular weight excluding hydrogens is 181 g/mol. The SMILES string of the molecule is COC1=CC=C(C(F)(F)F)C=CC1. The monoisotopic (exact) mass is 190 g/mol. The lowest BCUT2D eigenvalue weighted by Crippen LogP contribution is -2.09. The van der Waals surface area contributed by atoms with Gasteiger partial charge in [0.2, 0.25) is 0 Å². The van der Waals surface area contributed by atoms with E-state index < -0.39 is 11.7 Å². The zero-order valence-corrected chi connectivity index (χ0v) is 7.06. The molecule has 0 spiro atoms. The fourth-order valence-electron chi connectivity index (χ4n) is 0.949. The molecule has 0 radical (unpaired) electrons. The van der Waals surface area contributed by atoms with Crippen LogP contribution >= 0.6 is 0 Å². The summed E-state index contributed by atoms with van der Waals surface area (Å²) in [5.41, 5.74) is -0.653. The number of alkyl halides is 3. The summed E-state index contributed by atoms with van der Waals surface area (Å²) in [6.07, 6.45) is 0.956. The molecule has 13 heavy (non-hydrogen) atoms. The third-order valence-electron chi connectivity index (χ3n) is 1.65. The molecule has 1 rings (SSSR count). The van der Waals surface area contributed by atoms with Crippen LogP contribution in [0.5, 0.6) is 0 Å². The van der Waals surface area contributed by atoms with Gasteiger partial charge in [0.25, 0.3) is 0 Å². The first-order valence-electron chi connectivity index (χ1n) is 3.72. The summed E-state index contributed by atoms with van der Waals surface area (Å²) < 4.78 is 41.3. The Kier molecular flexibility index (Phi) is 2.80. The lowest BCUT2D eigenvalue weighted by atomic mass is 10.2. The molecule has 72 valence electrons. The van der Waals surface area contributed by atoms with Crippen molar-refractivity contribution >= 4 is 0 Å². The van der Waals surface area contributed by atoms with Gasteiger partial charge in [0.15, 0.2) is 0 Å². The number of hydrogen-bond donors (Lipinski definition) is 0. The lowest BCUT2D eigenvalue weighted by molar-refractivity contribution is -0.0881. The number of rotatable bonds is 1. The average Bonchev–Trinajstić information content (AvgIpc) is 2.26. The van der Waals surface area contributed by atoms with Crippen LogP contribution in [0.15, 0.2) is 35.6 Å². The van der Waals surface area contributed by atoms with Crippen LogP contribution in [0.4, 0.5) is 13.2 Å². The van der Waals surface area contributed by atoms with Gasteiger partial charge in [0.1, 0.15) is 0 Å². The third-order valence-corrected chi connectivity index (χ3v) is 1.65. The summed E-state index contributed by atoms with van der Waals surface area (Å²) in [4.78, 5) is 0. The second-order valence-electron chi connectivity index (χ2n) is 2.56. The van der Waals surface area contributed by atoms with E-state index >= 15 is 0 Å². The van der Waals surface area contributed by atoms with Gasteiger partial charge in [-0.2, -0.15) is 13.2 Å². The molecular formula is C9H9F3O. The summed E-state index contributed by atoms with van der Waals surface area (Å²) in [5.74, 6) is 0.524. The van der Waals surface area contributed by atoms with Gasteiger partial charge < -0.3 is 4.74 Å². The standard InChI is InChI=1S/C9H9F3O/c1-13-8-4-2-3-7(5-6-8)9(10,11)12/h2-3,5-6H,4H2,1H3. The molecule has 0 bridgehead atoms. The maximum absolute atomic E-state index is 12.2. The van der Waals surface area contributed by atoms with Crippen molar-refractivity contribution in [3.05, 3.63) is 35.6 Å². The van der Waals surface area contributed by atoms with Crippen molar-refractivity contribution in [2.45, 2.75) is 12.6 Å². The molecule has 4 heteroatoms. The summed E-state index contributed by atoms with van der Waals surface area (Å²) in [7, 11) is 1.44. The number of ether oxygens (including phenoxy) is 1.